The van der Waals surface area contributed by atoms with Crippen LogP contribution in [0, 0.1) is 0 Å². The van der Waals surface area contributed by atoms with Crippen molar-refractivity contribution in [2.75, 3.05) is 39.6 Å². The van der Waals surface area contributed by atoms with Gasteiger partial charge >= 0.3 is 0 Å². The summed E-state index contributed by atoms with van der Waals surface area (Å²) in [5.74, 6) is 0. The third kappa shape index (κ3) is 10.2. The molecule has 1 aromatic rings. The van der Waals surface area contributed by atoms with E-state index in [1.54, 1.807) is 0 Å². The first-order chi connectivity index (χ1) is 13.3. The zero-order valence-electron chi connectivity index (χ0n) is 17.9. The van der Waals surface area contributed by atoms with Gasteiger partial charge in [-0.2, -0.15) is 0 Å². The van der Waals surface area contributed by atoms with Crippen LogP contribution >= 0.6 is 0 Å². The first-order valence-corrected chi connectivity index (χ1v) is 12.6. The van der Waals surface area contributed by atoms with Crippen molar-refractivity contribution >= 4 is 8.32 Å². The maximum Gasteiger partial charge on any atom is 0.191 e. The predicted octanol–water partition coefficient (Wildman–Crippen LogP) is 4.94. The number of rotatable bonds is 14. The lowest BCUT2D eigenvalue weighted by molar-refractivity contribution is 0.00642. The average Bonchev–Trinajstić information content (AvgIpc) is 2.64. The molecule has 1 rings (SSSR count). The third-order valence-electron chi connectivity index (χ3n) is 4.82. The average molecular weight is 410 g/mol. The number of ether oxygens (including phenoxy) is 3. The summed E-state index contributed by atoms with van der Waals surface area (Å²) in [5.41, 5.74) is 9.90. The van der Waals surface area contributed by atoms with Crippen LogP contribution in [0.15, 0.2) is 35.4 Å². The third-order valence-corrected chi connectivity index (χ3v) is 9.32. The molecule has 0 aliphatic heterocycles. The molecule has 0 saturated heterocycles. The maximum absolute atomic E-state index is 8.75. The highest BCUT2D eigenvalue weighted by Crippen LogP contribution is 2.36. The minimum absolute atomic E-state index is 0.116. The van der Waals surface area contributed by atoms with Crippen LogP contribution in [0.1, 0.15) is 26.3 Å². The van der Waals surface area contributed by atoms with Gasteiger partial charge in [0.2, 0.25) is 0 Å². The number of nitrogens with zero attached hydrogens (tertiary/aromatic N) is 3. The highest BCUT2D eigenvalue weighted by atomic mass is 28.4. The van der Waals surface area contributed by atoms with E-state index in [-0.39, 0.29) is 11.1 Å². The van der Waals surface area contributed by atoms with E-state index in [0.29, 0.717) is 46.2 Å². The van der Waals surface area contributed by atoms with Crippen LogP contribution in [0.2, 0.25) is 18.1 Å². The van der Waals surface area contributed by atoms with Crippen molar-refractivity contribution in [2.24, 2.45) is 5.11 Å². The van der Waals surface area contributed by atoms with E-state index in [2.05, 4.69) is 43.9 Å². The molecule has 7 nitrogen and oxygen atoms in total. The van der Waals surface area contributed by atoms with Gasteiger partial charge in [-0.05, 0) is 29.2 Å². The normalized spacial score (nSPS) is 13.2. The van der Waals surface area contributed by atoms with E-state index < -0.39 is 8.32 Å². The molecule has 1 atom stereocenters. The van der Waals surface area contributed by atoms with Crippen molar-refractivity contribution < 1.29 is 18.6 Å². The maximum atomic E-state index is 8.75. The summed E-state index contributed by atoms with van der Waals surface area (Å²) in [4.78, 5) is 2.91. The molecule has 0 amide bonds. The van der Waals surface area contributed by atoms with Gasteiger partial charge in [-0.25, -0.2) is 0 Å². The minimum atomic E-state index is -1.87. The van der Waals surface area contributed by atoms with Crippen LogP contribution in [0.3, 0.4) is 0 Å². The highest BCUT2D eigenvalue weighted by molar-refractivity contribution is 6.74. The molecule has 0 bridgehead atoms. The molecule has 0 aliphatic carbocycles. The van der Waals surface area contributed by atoms with E-state index in [4.69, 9.17) is 24.2 Å². The molecule has 0 N–H and O–H groups in total. The Labute approximate surface area is 170 Å². The Balaban J connectivity index is 2.11. The standard InChI is InChI=1S/C20H35N3O4Si/c1-20(2,3)28(4,5)27-17-19(22-23-21)16-26-14-12-24-11-13-25-15-18-9-7-6-8-10-18/h6-10,19H,11-17H2,1-5H3/t19-/m1/s1. The topological polar surface area (TPSA) is 85.7 Å². The molecule has 0 aromatic heterocycles. The Hall–Kier alpha value is -1.41. The van der Waals surface area contributed by atoms with E-state index in [1.165, 1.54) is 0 Å². The van der Waals surface area contributed by atoms with E-state index in [1.807, 2.05) is 30.3 Å². The van der Waals surface area contributed by atoms with Crippen LogP contribution in [0.5, 0.6) is 0 Å². The second-order valence-electron chi connectivity index (χ2n) is 8.16. The fourth-order valence-electron chi connectivity index (χ4n) is 2.03. The summed E-state index contributed by atoms with van der Waals surface area (Å²) < 4.78 is 22.7. The molecule has 0 fully saturated rings. The Morgan fingerprint density at radius 2 is 1.57 bits per heavy atom. The van der Waals surface area contributed by atoms with Crippen molar-refractivity contribution in [3.05, 3.63) is 46.3 Å². The molecule has 0 heterocycles. The molecule has 0 spiro atoms. The molecule has 158 valence electrons. The molecular weight excluding hydrogens is 374 g/mol. The number of azide groups is 1. The molecular formula is C20H35N3O4Si. The van der Waals surface area contributed by atoms with Crippen LogP contribution in [0.25, 0.3) is 10.4 Å². The second kappa shape index (κ2) is 12.9. The highest BCUT2D eigenvalue weighted by Gasteiger charge is 2.37. The van der Waals surface area contributed by atoms with Gasteiger partial charge in [0.15, 0.2) is 8.32 Å². The van der Waals surface area contributed by atoms with E-state index in [0.717, 1.165) is 5.56 Å². The molecule has 0 saturated carbocycles. The molecule has 0 radical (unpaired) electrons. The van der Waals surface area contributed by atoms with Gasteiger partial charge in [-0.3, -0.25) is 0 Å². The van der Waals surface area contributed by atoms with Crippen molar-refractivity contribution in [1.29, 1.82) is 0 Å². The van der Waals surface area contributed by atoms with Gasteiger partial charge in [0, 0.05) is 11.5 Å². The van der Waals surface area contributed by atoms with Crippen LogP contribution in [0.4, 0.5) is 0 Å². The largest absolute Gasteiger partial charge is 0.416 e. The van der Waals surface area contributed by atoms with E-state index in [9.17, 15) is 0 Å². The van der Waals surface area contributed by atoms with Gasteiger partial charge in [0.1, 0.15) is 0 Å². The summed E-state index contributed by atoms with van der Waals surface area (Å²) in [6.45, 7) is 14.2. The van der Waals surface area contributed by atoms with Crippen LogP contribution < -0.4 is 0 Å². The molecule has 28 heavy (non-hydrogen) atoms. The second-order valence-corrected chi connectivity index (χ2v) is 13.0. The lowest BCUT2D eigenvalue weighted by atomic mass is 10.2. The molecule has 1 aromatic carbocycles. The summed E-state index contributed by atoms with van der Waals surface area (Å²) in [7, 11) is -1.87. The summed E-state index contributed by atoms with van der Waals surface area (Å²) in [6.07, 6.45) is 0. The zero-order chi connectivity index (χ0) is 20.9. The fourth-order valence-corrected chi connectivity index (χ4v) is 3.07. The lowest BCUT2D eigenvalue weighted by Gasteiger charge is -2.36. The Morgan fingerprint density at radius 3 is 2.18 bits per heavy atom. The number of hydrogen-bond acceptors (Lipinski definition) is 5. The van der Waals surface area contributed by atoms with Crippen LogP contribution in [-0.4, -0.2) is 54.0 Å². The molecule has 8 heteroatoms. The van der Waals surface area contributed by atoms with Gasteiger partial charge < -0.3 is 18.6 Å². The van der Waals surface area contributed by atoms with Gasteiger partial charge in [0.05, 0.1) is 45.7 Å². The number of benzene rings is 1. The van der Waals surface area contributed by atoms with Gasteiger partial charge in [-0.1, -0.05) is 56.2 Å². The summed E-state index contributed by atoms with van der Waals surface area (Å²) in [5, 5.41) is 3.90. The molecule has 0 unspecified atom stereocenters. The fraction of sp³-hybridized carbons (Fsp3) is 0.700. The lowest BCUT2D eigenvalue weighted by Crippen LogP contribution is -2.43. The van der Waals surface area contributed by atoms with Crippen LogP contribution in [-0.2, 0) is 25.2 Å². The first-order valence-electron chi connectivity index (χ1n) is 9.71. The number of hydrogen-bond donors (Lipinski definition) is 0. The monoisotopic (exact) mass is 409 g/mol. The summed E-state index contributed by atoms with van der Waals surface area (Å²) in [6, 6.07) is 9.71. The SMILES string of the molecule is CC(C)(C)[Si](C)(C)OC[C@@H](COCCOCCOCc1ccccc1)N=[N+]=[N-]. The minimum Gasteiger partial charge on any atom is -0.416 e. The smallest absolute Gasteiger partial charge is 0.191 e. The van der Waals surface area contributed by atoms with Gasteiger partial charge in [-0.15, -0.1) is 0 Å². The van der Waals surface area contributed by atoms with Crippen molar-refractivity contribution in [3.63, 3.8) is 0 Å². The van der Waals surface area contributed by atoms with Gasteiger partial charge in [0.25, 0.3) is 0 Å². The Morgan fingerprint density at radius 1 is 0.964 bits per heavy atom. The molecule has 0 aliphatic rings. The van der Waals surface area contributed by atoms with Crippen molar-refractivity contribution in [3.8, 4) is 0 Å². The zero-order valence-corrected chi connectivity index (χ0v) is 18.9. The predicted molar refractivity (Wildman–Crippen MR) is 114 cm³/mol. The first kappa shape index (κ1) is 24.6. The Bertz CT molecular complexity index is 587. The van der Waals surface area contributed by atoms with E-state index >= 15 is 0 Å². The van der Waals surface area contributed by atoms with Crippen molar-refractivity contribution in [1.82, 2.24) is 0 Å². The quantitative estimate of drug-likeness (QED) is 0.143. The Kier molecular flexibility index (Phi) is 11.4. The van der Waals surface area contributed by atoms with Crippen molar-refractivity contribution in [2.45, 2.75) is 51.6 Å². The summed E-state index contributed by atoms with van der Waals surface area (Å²) >= 11 is 0.